The van der Waals surface area contributed by atoms with Crippen LogP contribution in [0.15, 0.2) is 65.5 Å². The highest BCUT2D eigenvalue weighted by atomic mass is 19.1. The summed E-state index contributed by atoms with van der Waals surface area (Å²) >= 11 is 0. The monoisotopic (exact) mass is 324 g/mol. The van der Waals surface area contributed by atoms with Gasteiger partial charge in [0.1, 0.15) is 11.6 Å². The minimum atomic E-state index is -0.330. The lowest BCUT2D eigenvalue weighted by molar-refractivity contribution is 0.340. The normalized spacial score (nSPS) is 10.6. The van der Waals surface area contributed by atoms with Gasteiger partial charge in [-0.15, -0.1) is 0 Å². The van der Waals surface area contributed by atoms with Crippen LogP contribution in [0.4, 0.5) is 4.39 Å². The minimum absolute atomic E-state index is 0.224. The van der Waals surface area contributed by atoms with Crippen molar-refractivity contribution in [2.75, 3.05) is 6.61 Å². The first-order valence-corrected chi connectivity index (χ1v) is 7.71. The number of ether oxygens (including phenoxy) is 1. The Balaban J connectivity index is 1.89. The molecule has 0 N–H and O–H groups in total. The van der Waals surface area contributed by atoms with Crippen LogP contribution in [0.2, 0.25) is 0 Å². The average Bonchev–Trinajstić information content (AvgIpc) is 2.58. The number of halogens is 1. The topological polar surface area (TPSA) is 44.1 Å². The van der Waals surface area contributed by atoms with Crippen LogP contribution in [-0.2, 0) is 6.54 Å². The smallest absolute Gasteiger partial charge is 0.267 e. The third kappa shape index (κ3) is 3.68. The molecule has 3 aromatic rings. The molecular formula is C19H17FN2O2. The second kappa shape index (κ2) is 7.08. The first-order valence-electron chi connectivity index (χ1n) is 7.71. The van der Waals surface area contributed by atoms with E-state index in [-0.39, 0.29) is 17.9 Å². The van der Waals surface area contributed by atoms with Gasteiger partial charge in [-0.25, -0.2) is 9.07 Å². The number of nitrogens with zero attached hydrogens (tertiary/aromatic N) is 2. The Morgan fingerprint density at radius 2 is 1.88 bits per heavy atom. The van der Waals surface area contributed by atoms with Gasteiger partial charge in [0.05, 0.1) is 18.8 Å². The van der Waals surface area contributed by atoms with Gasteiger partial charge in [0.15, 0.2) is 0 Å². The highest BCUT2D eigenvalue weighted by Crippen LogP contribution is 2.20. The summed E-state index contributed by atoms with van der Waals surface area (Å²) in [5, 5.41) is 4.38. The van der Waals surface area contributed by atoms with Crippen molar-refractivity contribution >= 4 is 0 Å². The van der Waals surface area contributed by atoms with Crippen LogP contribution in [0.1, 0.15) is 12.5 Å². The van der Waals surface area contributed by atoms with Crippen LogP contribution in [0.5, 0.6) is 5.75 Å². The fourth-order valence-corrected chi connectivity index (χ4v) is 2.41. The van der Waals surface area contributed by atoms with Gasteiger partial charge in [-0.3, -0.25) is 4.79 Å². The molecule has 24 heavy (non-hydrogen) atoms. The van der Waals surface area contributed by atoms with E-state index in [2.05, 4.69) is 5.10 Å². The molecule has 0 amide bonds. The van der Waals surface area contributed by atoms with Crippen LogP contribution in [0, 0.1) is 5.82 Å². The SMILES string of the molecule is CCOc1ccc(-c2ccc(=O)n(Cc3cccc(F)c3)n2)cc1. The van der Waals surface area contributed by atoms with E-state index in [1.54, 1.807) is 18.2 Å². The Morgan fingerprint density at radius 3 is 2.58 bits per heavy atom. The lowest BCUT2D eigenvalue weighted by atomic mass is 10.1. The highest BCUT2D eigenvalue weighted by Gasteiger charge is 2.05. The quantitative estimate of drug-likeness (QED) is 0.721. The van der Waals surface area contributed by atoms with E-state index in [4.69, 9.17) is 4.74 Å². The van der Waals surface area contributed by atoms with Crippen molar-refractivity contribution in [1.82, 2.24) is 9.78 Å². The van der Waals surface area contributed by atoms with Crippen LogP contribution >= 0.6 is 0 Å². The molecule has 0 fully saturated rings. The minimum Gasteiger partial charge on any atom is -0.494 e. The van der Waals surface area contributed by atoms with Crippen LogP contribution in [0.25, 0.3) is 11.3 Å². The van der Waals surface area contributed by atoms with Crippen LogP contribution < -0.4 is 10.3 Å². The van der Waals surface area contributed by atoms with Gasteiger partial charge in [-0.05, 0) is 55.0 Å². The van der Waals surface area contributed by atoms with Crippen molar-refractivity contribution < 1.29 is 9.13 Å². The highest BCUT2D eigenvalue weighted by molar-refractivity contribution is 5.59. The summed E-state index contributed by atoms with van der Waals surface area (Å²) in [5.41, 5.74) is 2.02. The van der Waals surface area contributed by atoms with Crippen LogP contribution in [-0.4, -0.2) is 16.4 Å². The van der Waals surface area contributed by atoms with Crippen molar-refractivity contribution in [1.29, 1.82) is 0 Å². The molecule has 0 aliphatic rings. The summed E-state index contributed by atoms with van der Waals surface area (Å²) in [4.78, 5) is 12.0. The summed E-state index contributed by atoms with van der Waals surface area (Å²) in [6.07, 6.45) is 0. The Bertz CT molecular complexity index is 888. The fraction of sp³-hybridized carbons (Fsp3) is 0.158. The number of benzene rings is 2. The van der Waals surface area contributed by atoms with Gasteiger partial charge in [-0.2, -0.15) is 5.10 Å². The van der Waals surface area contributed by atoms with Gasteiger partial charge >= 0.3 is 0 Å². The molecule has 0 radical (unpaired) electrons. The molecule has 0 unspecified atom stereocenters. The van der Waals surface area contributed by atoms with Crippen molar-refractivity contribution in [2.24, 2.45) is 0 Å². The van der Waals surface area contributed by atoms with E-state index >= 15 is 0 Å². The number of rotatable bonds is 5. The second-order valence-corrected chi connectivity index (χ2v) is 5.30. The molecule has 122 valence electrons. The molecule has 3 rings (SSSR count). The summed E-state index contributed by atoms with van der Waals surface area (Å²) in [7, 11) is 0. The largest absolute Gasteiger partial charge is 0.494 e. The number of aromatic nitrogens is 2. The molecule has 0 saturated heterocycles. The van der Waals surface area contributed by atoms with Gasteiger partial charge in [-0.1, -0.05) is 12.1 Å². The molecule has 5 heteroatoms. The van der Waals surface area contributed by atoms with Crippen molar-refractivity contribution in [2.45, 2.75) is 13.5 Å². The van der Waals surface area contributed by atoms with E-state index < -0.39 is 0 Å². The zero-order chi connectivity index (χ0) is 16.9. The van der Waals surface area contributed by atoms with Gasteiger partial charge < -0.3 is 4.74 Å². The molecule has 0 aliphatic heterocycles. The summed E-state index contributed by atoms with van der Waals surface area (Å²) in [5.74, 6) is 0.456. The Morgan fingerprint density at radius 1 is 1.08 bits per heavy atom. The van der Waals surface area contributed by atoms with E-state index in [1.165, 1.54) is 22.9 Å². The molecule has 0 aliphatic carbocycles. The zero-order valence-electron chi connectivity index (χ0n) is 13.3. The maximum Gasteiger partial charge on any atom is 0.267 e. The lowest BCUT2D eigenvalue weighted by Crippen LogP contribution is -2.22. The second-order valence-electron chi connectivity index (χ2n) is 5.30. The zero-order valence-corrected chi connectivity index (χ0v) is 13.3. The van der Waals surface area contributed by atoms with Gasteiger partial charge in [0.25, 0.3) is 5.56 Å². The van der Waals surface area contributed by atoms with Crippen molar-refractivity contribution in [3.63, 3.8) is 0 Å². The maximum absolute atomic E-state index is 13.3. The van der Waals surface area contributed by atoms with E-state index in [1.807, 2.05) is 31.2 Å². The molecule has 0 saturated carbocycles. The van der Waals surface area contributed by atoms with Gasteiger partial charge in [0, 0.05) is 11.6 Å². The standard InChI is InChI=1S/C19H17FN2O2/c1-2-24-17-8-6-15(7-9-17)18-10-11-19(23)22(21-18)13-14-4-3-5-16(20)12-14/h3-12H,2,13H2,1H3. The van der Waals surface area contributed by atoms with Crippen molar-refractivity contribution in [3.05, 3.63) is 82.4 Å². The molecule has 0 bridgehead atoms. The molecule has 0 atom stereocenters. The molecule has 0 spiro atoms. The van der Waals surface area contributed by atoms with E-state index in [0.29, 0.717) is 17.9 Å². The first kappa shape index (κ1) is 15.9. The fourth-order valence-electron chi connectivity index (χ4n) is 2.41. The van der Waals surface area contributed by atoms with Crippen LogP contribution in [0.3, 0.4) is 0 Å². The predicted octanol–water partition coefficient (Wildman–Crippen LogP) is 3.50. The third-order valence-corrected chi connectivity index (χ3v) is 3.55. The predicted molar refractivity (Wildman–Crippen MR) is 90.6 cm³/mol. The molecular weight excluding hydrogens is 307 g/mol. The van der Waals surface area contributed by atoms with Crippen molar-refractivity contribution in [3.8, 4) is 17.0 Å². The molecule has 2 aromatic carbocycles. The Kier molecular flexibility index (Phi) is 4.70. The lowest BCUT2D eigenvalue weighted by Gasteiger charge is -2.08. The molecule has 1 aromatic heterocycles. The average molecular weight is 324 g/mol. The number of hydrogen-bond donors (Lipinski definition) is 0. The molecule has 4 nitrogen and oxygen atoms in total. The Labute approximate surface area is 139 Å². The first-order chi connectivity index (χ1) is 11.7. The summed E-state index contributed by atoms with van der Waals surface area (Å²) < 4.78 is 20.0. The Hall–Kier alpha value is -2.95. The summed E-state index contributed by atoms with van der Waals surface area (Å²) in [6, 6.07) is 16.8. The van der Waals surface area contributed by atoms with Gasteiger partial charge in [0.2, 0.25) is 0 Å². The maximum atomic E-state index is 13.3. The third-order valence-electron chi connectivity index (χ3n) is 3.55. The summed E-state index contributed by atoms with van der Waals surface area (Å²) in [6.45, 7) is 2.76. The van der Waals surface area contributed by atoms with E-state index in [9.17, 15) is 9.18 Å². The number of hydrogen-bond acceptors (Lipinski definition) is 3. The van der Waals surface area contributed by atoms with E-state index in [0.717, 1.165) is 11.3 Å². The molecule has 1 heterocycles.